The van der Waals surface area contributed by atoms with Crippen molar-refractivity contribution in [1.29, 1.82) is 0 Å². The molecule has 0 atom stereocenters. The Bertz CT molecular complexity index is 780. The van der Waals surface area contributed by atoms with Crippen LogP contribution in [0.25, 0.3) is 0 Å². The molecular formula is C19H27Cl2N3O2Si. The van der Waals surface area contributed by atoms with Crippen LogP contribution < -0.4 is 5.32 Å². The summed E-state index contributed by atoms with van der Waals surface area (Å²) in [5.41, 5.74) is 0.697. The SMILES string of the molecule is CC(C)(NC(=O)c1cc(Cl)cc(Cl)c1)c1cnn(COCC[Si](C)(C)C)c1. The van der Waals surface area contributed by atoms with Gasteiger partial charge in [0.2, 0.25) is 0 Å². The summed E-state index contributed by atoms with van der Waals surface area (Å²) in [7, 11) is -1.10. The Hall–Kier alpha value is -1.34. The van der Waals surface area contributed by atoms with Gasteiger partial charge in [-0.2, -0.15) is 5.10 Å². The second kappa shape index (κ2) is 8.77. The van der Waals surface area contributed by atoms with Crippen molar-refractivity contribution in [2.24, 2.45) is 0 Å². The lowest BCUT2D eigenvalue weighted by Crippen LogP contribution is -2.40. The van der Waals surface area contributed by atoms with Crippen molar-refractivity contribution in [1.82, 2.24) is 15.1 Å². The number of carbonyl (C=O) groups excluding carboxylic acids is 1. The number of benzene rings is 1. The van der Waals surface area contributed by atoms with E-state index in [0.29, 0.717) is 22.3 Å². The van der Waals surface area contributed by atoms with Gasteiger partial charge in [-0.05, 0) is 38.1 Å². The van der Waals surface area contributed by atoms with E-state index in [1.165, 1.54) is 0 Å². The lowest BCUT2D eigenvalue weighted by atomic mass is 9.97. The van der Waals surface area contributed by atoms with Crippen molar-refractivity contribution in [3.8, 4) is 0 Å². The number of carbonyl (C=O) groups is 1. The number of rotatable bonds is 8. The number of nitrogens with one attached hydrogen (secondary N) is 1. The van der Waals surface area contributed by atoms with Gasteiger partial charge in [-0.3, -0.25) is 4.79 Å². The minimum Gasteiger partial charge on any atom is -0.360 e. The smallest absolute Gasteiger partial charge is 0.252 e. The predicted octanol–water partition coefficient (Wildman–Crippen LogP) is 5.17. The summed E-state index contributed by atoms with van der Waals surface area (Å²) in [6.07, 6.45) is 3.63. The molecule has 1 aromatic carbocycles. The first kappa shape index (κ1) is 22.0. The van der Waals surface area contributed by atoms with Gasteiger partial charge in [0, 0.05) is 42.0 Å². The van der Waals surface area contributed by atoms with E-state index in [4.69, 9.17) is 27.9 Å². The highest BCUT2D eigenvalue weighted by molar-refractivity contribution is 6.76. The Balaban J connectivity index is 1.98. The monoisotopic (exact) mass is 427 g/mol. The molecule has 1 aromatic heterocycles. The van der Waals surface area contributed by atoms with Gasteiger partial charge in [0.15, 0.2) is 0 Å². The molecule has 1 amide bonds. The van der Waals surface area contributed by atoms with Gasteiger partial charge >= 0.3 is 0 Å². The number of nitrogens with zero attached hydrogens (tertiary/aromatic N) is 2. The molecule has 1 N–H and O–H groups in total. The van der Waals surface area contributed by atoms with Crippen molar-refractivity contribution in [3.63, 3.8) is 0 Å². The van der Waals surface area contributed by atoms with E-state index in [0.717, 1.165) is 18.2 Å². The first-order chi connectivity index (χ1) is 12.5. The van der Waals surface area contributed by atoms with E-state index in [-0.39, 0.29) is 5.91 Å². The highest BCUT2D eigenvalue weighted by atomic mass is 35.5. The predicted molar refractivity (Wildman–Crippen MR) is 113 cm³/mol. The van der Waals surface area contributed by atoms with Crippen LogP contribution in [0.4, 0.5) is 0 Å². The number of aromatic nitrogens is 2. The minimum atomic E-state index is -1.10. The molecule has 1 heterocycles. The van der Waals surface area contributed by atoms with E-state index < -0.39 is 13.6 Å². The van der Waals surface area contributed by atoms with Crippen molar-refractivity contribution in [2.45, 2.75) is 51.8 Å². The van der Waals surface area contributed by atoms with Crippen LogP contribution >= 0.6 is 23.2 Å². The van der Waals surface area contributed by atoms with Crippen LogP contribution in [0, 0.1) is 0 Å². The van der Waals surface area contributed by atoms with E-state index in [1.54, 1.807) is 29.1 Å². The van der Waals surface area contributed by atoms with Crippen LogP contribution in [0.1, 0.15) is 29.8 Å². The largest absolute Gasteiger partial charge is 0.360 e. The summed E-state index contributed by atoms with van der Waals surface area (Å²) >= 11 is 12.0. The molecule has 0 fully saturated rings. The normalized spacial score (nSPS) is 12.3. The molecule has 2 aromatic rings. The van der Waals surface area contributed by atoms with Gasteiger partial charge in [0.05, 0.1) is 11.7 Å². The maximum absolute atomic E-state index is 12.6. The zero-order chi connectivity index (χ0) is 20.2. The van der Waals surface area contributed by atoms with E-state index in [1.807, 2.05) is 20.0 Å². The van der Waals surface area contributed by atoms with Gasteiger partial charge in [0.25, 0.3) is 5.91 Å². The molecule has 27 heavy (non-hydrogen) atoms. The molecule has 0 aliphatic rings. The zero-order valence-electron chi connectivity index (χ0n) is 16.5. The second-order valence-electron chi connectivity index (χ2n) is 8.35. The fourth-order valence-electron chi connectivity index (χ4n) is 2.41. The van der Waals surface area contributed by atoms with Crippen molar-refractivity contribution in [2.75, 3.05) is 6.61 Å². The number of hydrogen-bond acceptors (Lipinski definition) is 3. The van der Waals surface area contributed by atoms with Crippen LogP contribution in [-0.4, -0.2) is 30.4 Å². The topological polar surface area (TPSA) is 56.2 Å². The van der Waals surface area contributed by atoms with Gasteiger partial charge in [-0.15, -0.1) is 0 Å². The Morgan fingerprint density at radius 1 is 1.22 bits per heavy atom. The van der Waals surface area contributed by atoms with Crippen LogP contribution in [0.5, 0.6) is 0 Å². The summed E-state index contributed by atoms with van der Waals surface area (Å²) in [4.78, 5) is 12.6. The summed E-state index contributed by atoms with van der Waals surface area (Å²) < 4.78 is 7.46. The van der Waals surface area contributed by atoms with Crippen LogP contribution in [0.3, 0.4) is 0 Å². The molecule has 0 spiro atoms. The highest BCUT2D eigenvalue weighted by Gasteiger charge is 2.25. The van der Waals surface area contributed by atoms with Crippen molar-refractivity contribution < 1.29 is 9.53 Å². The maximum atomic E-state index is 12.6. The van der Waals surface area contributed by atoms with Crippen molar-refractivity contribution >= 4 is 37.2 Å². The van der Waals surface area contributed by atoms with Crippen molar-refractivity contribution in [3.05, 3.63) is 51.8 Å². The molecule has 8 heteroatoms. The standard InChI is InChI=1S/C19H27Cl2N3O2Si/c1-19(2,23-18(25)14-8-16(20)10-17(21)9-14)15-11-22-24(12-15)13-26-6-7-27(3,4)5/h8-12H,6-7,13H2,1-5H3,(H,23,25). The first-order valence-electron chi connectivity index (χ1n) is 8.86. The molecule has 148 valence electrons. The summed E-state index contributed by atoms with van der Waals surface area (Å²) in [5.74, 6) is -0.247. The molecule has 0 aliphatic heterocycles. The third kappa shape index (κ3) is 6.96. The minimum absolute atomic E-state index is 0.247. The molecule has 0 radical (unpaired) electrons. The average molecular weight is 428 g/mol. The Morgan fingerprint density at radius 3 is 2.44 bits per heavy atom. The van der Waals surface area contributed by atoms with Crippen LogP contribution in [0.15, 0.2) is 30.6 Å². The first-order valence-corrected chi connectivity index (χ1v) is 13.3. The molecule has 0 aliphatic carbocycles. The quantitative estimate of drug-likeness (QED) is 0.466. The molecule has 0 saturated carbocycles. The zero-order valence-corrected chi connectivity index (χ0v) is 19.0. The molecular weight excluding hydrogens is 401 g/mol. The lowest BCUT2D eigenvalue weighted by Gasteiger charge is -2.25. The third-order valence-corrected chi connectivity index (χ3v) is 6.27. The molecule has 5 nitrogen and oxygen atoms in total. The summed E-state index contributed by atoms with van der Waals surface area (Å²) in [6, 6.07) is 5.89. The summed E-state index contributed by atoms with van der Waals surface area (Å²) in [6.45, 7) is 11.9. The lowest BCUT2D eigenvalue weighted by molar-refractivity contribution is 0.0784. The fraction of sp³-hybridized carbons (Fsp3) is 0.474. The third-order valence-electron chi connectivity index (χ3n) is 4.13. The van der Waals surface area contributed by atoms with Gasteiger partial charge < -0.3 is 10.1 Å². The number of halogens is 2. The van der Waals surface area contributed by atoms with E-state index in [9.17, 15) is 4.79 Å². The maximum Gasteiger partial charge on any atom is 0.252 e. The molecule has 0 saturated heterocycles. The molecule has 0 bridgehead atoms. The Labute approximate surface area is 172 Å². The molecule has 0 unspecified atom stereocenters. The Kier molecular flexibility index (Phi) is 7.13. The van der Waals surface area contributed by atoms with Gasteiger partial charge in [-0.1, -0.05) is 42.8 Å². The Morgan fingerprint density at radius 2 is 1.85 bits per heavy atom. The van der Waals surface area contributed by atoms with Crippen LogP contribution in [0.2, 0.25) is 35.7 Å². The second-order valence-corrected chi connectivity index (χ2v) is 14.8. The number of ether oxygens (including phenoxy) is 1. The van der Waals surface area contributed by atoms with E-state index >= 15 is 0 Å². The van der Waals surface area contributed by atoms with Gasteiger partial charge in [-0.25, -0.2) is 4.68 Å². The highest BCUT2D eigenvalue weighted by Crippen LogP contribution is 2.23. The van der Waals surface area contributed by atoms with E-state index in [2.05, 4.69) is 30.1 Å². The van der Waals surface area contributed by atoms with Gasteiger partial charge in [0.1, 0.15) is 6.73 Å². The average Bonchev–Trinajstić information content (AvgIpc) is 2.99. The molecule has 2 rings (SSSR count). The van der Waals surface area contributed by atoms with Crippen LogP contribution in [-0.2, 0) is 17.0 Å². The fourth-order valence-corrected chi connectivity index (χ4v) is 3.69. The summed E-state index contributed by atoms with van der Waals surface area (Å²) in [5, 5.41) is 8.18. The number of amides is 1. The number of hydrogen-bond donors (Lipinski definition) is 1.